The van der Waals surface area contributed by atoms with Crippen molar-refractivity contribution in [2.75, 3.05) is 35.8 Å². The fourth-order valence-corrected chi connectivity index (χ4v) is 12.3. The summed E-state index contributed by atoms with van der Waals surface area (Å²) in [6, 6.07) is 47.1. The molecule has 12 rings (SSSR count). The quantitative estimate of drug-likeness (QED) is 0.0535. The maximum Gasteiger partial charge on any atom is 0.253 e. The van der Waals surface area contributed by atoms with Gasteiger partial charge in [0.15, 0.2) is 0 Å². The minimum Gasteiger partial charge on any atom is -0.344 e. The van der Waals surface area contributed by atoms with Crippen LogP contribution in [0, 0.1) is 34.9 Å². The molecule has 6 atom stereocenters. The number of likely N-dealkylation sites (N-methyl/N-ethyl adjacent to an activating group) is 3. The van der Waals surface area contributed by atoms with E-state index in [1.807, 2.05) is 109 Å². The Morgan fingerprint density at radius 1 is 0.324 bits per heavy atom. The number of nitrogens with zero attached hydrogens (tertiary/aromatic N) is 3. The minimum atomic E-state index is -0.984. The van der Waals surface area contributed by atoms with Crippen molar-refractivity contribution in [1.82, 2.24) is 31.9 Å². The van der Waals surface area contributed by atoms with Crippen molar-refractivity contribution >= 4 is 70.2 Å². The van der Waals surface area contributed by atoms with Gasteiger partial charge >= 0.3 is 0 Å². The zero-order valence-corrected chi connectivity index (χ0v) is 55.9. The smallest absolute Gasteiger partial charge is 0.253 e. The highest BCUT2D eigenvalue weighted by Crippen LogP contribution is 2.42. The summed E-state index contributed by atoms with van der Waals surface area (Å²) in [4.78, 5) is 120. The lowest BCUT2D eigenvalue weighted by atomic mass is 9.95. The predicted molar refractivity (Wildman–Crippen MR) is 372 cm³/mol. The van der Waals surface area contributed by atoms with Gasteiger partial charge in [0.05, 0.1) is 36.3 Å². The summed E-state index contributed by atoms with van der Waals surface area (Å²) < 4.78 is 80.3. The number of carbonyl (C=O) groups excluding carboxylic acids is 9. The van der Waals surface area contributed by atoms with Crippen molar-refractivity contribution < 1.29 is 69.5 Å². The van der Waals surface area contributed by atoms with E-state index in [0.717, 1.165) is 86.8 Å². The second kappa shape index (κ2) is 31.8. The maximum atomic E-state index is 13.4. The topological polar surface area (TPSA) is 236 Å². The number of para-hydroxylation sites is 3. The van der Waals surface area contributed by atoms with Gasteiger partial charge < -0.3 is 46.6 Å². The van der Waals surface area contributed by atoms with Crippen LogP contribution < -0.4 is 46.6 Å². The molecule has 9 aromatic carbocycles. The first kappa shape index (κ1) is 72.5. The Balaban J connectivity index is 0.000000165. The second-order valence-electron chi connectivity index (χ2n) is 24.6. The van der Waals surface area contributed by atoms with Crippen LogP contribution >= 0.6 is 0 Å². The molecule has 9 aromatic rings. The van der Waals surface area contributed by atoms with E-state index in [0.29, 0.717) is 34.9 Å². The maximum absolute atomic E-state index is 13.4. The van der Waals surface area contributed by atoms with Crippen LogP contribution in [0.3, 0.4) is 0 Å². The van der Waals surface area contributed by atoms with Crippen LogP contribution in [0.5, 0.6) is 0 Å². The summed E-state index contributed by atoms with van der Waals surface area (Å²) in [7, 11) is 4.95. The van der Waals surface area contributed by atoms with Crippen LogP contribution in [0.2, 0.25) is 0 Å². The lowest BCUT2D eigenvalue weighted by molar-refractivity contribution is -0.131. The fourth-order valence-electron chi connectivity index (χ4n) is 12.3. The van der Waals surface area contributed by atoms with E-state index in [1.54, 1.807) is 57.5 Å². The third kappa shape index (κ3) is 16.9. The third-order valence-electron chi connectivity index (χ3n) is 17.2. The summed E-state index contributed by atoms with van der Waals surface area (Å²) in [5.41, 5.74) is 9.63. The average Bonchev–Trinajstić information content (AvgIpc) is 1.64. The van der Waals surface area contributed by atoms with E-state index in [9.17, 15) is 69.5 Å². The molecule has 0 aliphatic carbocycles. The molecule has 0 spiro atoms. The molecule has 0 aromatic heterocycles. The molecule has 9 amide bonds. The van der Waals surface area contributed by atoms with Gasteiger partial charge in [-0.1, -0.05) is 127 Å². The van der Waals surface area contributed by atoms with Crippen molar-refractivity contribution in [3.63, 3.8) is 0 Å². The highest BCUT2D eigenvalue weighted by molar-refractivity contribution is 6.09. The molecule has 24 heteroatoms. The lowest BCUT2D eigenvalue weighted by Gasteiger charge is -2.24. The van der Waals surface area contributed by atoms with E-state index in [-0.39, 0.29) is 53.7 Å². The molecule has 3 heterocycles. The van der Waals surface area contributed by atoms with E-state index in [2.05, 4.69) is 31.9 Å². The highest BCUT2D eigenvalue weighted by Gasteiger charge is 2.38. The van der Waals surface area contributed by atoms with Gasteiger partial charge in [0.2, 0.25) is 35.4 Å². The van der Waals surface area contributed by atoms with Crippen molar-refractivity contribution in [3.05, 3.63) is 268 Å². The molecule has 3 aliphatic rings. The lowest BCUT2D eigenvalue weighted by Crippen LogP contribution is -2.49. The molecule has 0 radical (unpaired) electrons. The number of nitrogens with one attached hydrogen (secondary N) is 6. The second-order valence-corrected chi connectivity index (χ2v) is 24.6. The van der Waals surface area contributed by atoms with Gasteiger partial charge in [-0.3, -0.25) is 43.2 Å². The minimum absolute atomic E-state index is 0.148. The Kier molecular flexibility index (Phi) is 22.6. The fraction of sp³-hybridized carbons (Fsp3) is 0.192. The first-order chi connectivity index (χ1) is 48.7. The summed E-state index contributed by atoms with van der Waals surface area (Å²) in [6.45, 7) is 4.43. The summed E-state index contributed by atoms with van der Waals surface area (Å²) in [6.07, 6.45) is -0.888. The van der Waals surface area contributed by atoms with Gasteiger partial charge in [-0.15, -0.1) is 0 Å². The summed E-state index contributed by atoms with van der Waals surface area (Å²) in [5.74, 6) is -9.11. The molecule has 522 valence electrons. The van der Waals surface area contributed by atoms with Gasteiger partial charge in [-0.05, 0) is 125 Å². The molecule has 0 bridgehead atoms. The number of fused-ring (bicyclic) bond motifs is 9. The van der Waals surface area contributed by atoms with E-state index in [1.165, 1.54) is 35.5 Å². The molecule has 0 saturated heterocycles. The van der Waals surface area contributed by atoms with Crippen LogP contribution in [0.4, 0.5) is 43.4 Å². The molecule has 0 fully saturated rings. The average molecular weight is 1390 g/mol. The molecular formula is C78H69F6N9O9. The molecule has 18 nitrogen and oxygen atoms in total. The molecule has 0 saturated carbocycles. The first-order valence-electron chi connectivity index (χ1n) is 32.2. The number of anilines is 3. The first-order valence-corrected chi connectivity index (χ1v) is 32.2. The number of carbonyl (C=O) groups is 9. The normalized spacial score (nSPS) is 15.6. The summed E-state index contributed by atoms with van der Waals surface area (Å²) in [5, 5.41) is 15.8. The predicted octanol–water partition coefficient (Wildman–Crippen LogP) is 10.5. The highest BCUT2D eigenvalue weighted by atomic mass is 19.2. The van der Waals surface area contributed by atoms with Crippen molar-refractivity contribution in [2.24, 2.45) is 0 Å². The number of halogens is 6. The van der Waals surface area contributed by atoms with Crippen LogP contribution in [0.25, 0.3) is 33.4 Å². The number of benzene rings is 9. The Morgan fingerprint density at radius 3 is 0.765 bits per heavy atom. The molecular weight excluding hydrogens is 1320 g/mol. The zero-order chi connectivity index (χ0) is 73.2. The SMILES string of the molecule is C[C@H](NC(=O)Cc1cc(F)cc(F)c1)C(=O)N[C@@H]1C(=O)N(C)c2ccccc2-c2ccccc21.C[C@H](NC(=O)Cc1cc(F)cc(F)c1)C(=O)N[C@@H]1C(=O)N(C)c2ccccc2-c2ccccc21.C[C@H](NC(=O)Cc1cc(F)cc(F)c1)C(=O)N[C@@H]1C(=O)N(C)c2ccccc2-c2ccccc21. The number of hydrogen-bond acceptors (Lipinski definition) is 9. The van der Waals surface area contributed by atoms with Gasteiger partial charge in [0.25, 0.3) is 17.7 Å². The Morgan fingerprint density at radius 2 is 0.529 bits per heavy atom. The van der Waals surface area contributed by atoms with Gasteiger partial charge in [0, 0.05) is 56.0 Å². The molecule has 0 unspecified atom stereocenters. The van der Waals surface area contributed by atoms with E-state index >= 15 is 0 Å². The Bertz CT molecular complexity index is 4240. The molecule has 102 heavy (non-hydrogen) atoms. The van der Waals surface area contributed by atoms with E-state index in [4.69, 9.17) is 0 Å². The van der Waals surface area contributed by atoms with Crippen LogP contribution in [0.15, 0.2) is 200 Å². The standard InChI is InChI=1S/3C26H23F2N3O3/c3*1-15(29-23(32)13-16-11-17(27)14-18(28)12-16)25(33)30-24-21-9-4-3-7-19(21)20-8-5-6-10-22(20)31(2)26(24)34/h3*3-12,14-15,24H,13H2,1-2H3,(H,29,32)(H,30,33)/t3*15-,24-/m000/s1. The Hall–Kier alpha value is -12.2. The van der Waals surface area contributed by atoms with Gasteiger partial charge in [-0.2, -0.15) is 0 Å². The van der Waals surface area contributed by atoms with Crippen LogP contribution in [0.1, 0.15) is 72.3 Å². The van der Waals surface area contributed by atoms with Crippen molar-refractivity contribution in [3.8, 4) is 33.4 Å². The van der Waals surface area contributed by atoms with Crippen LogP contribution in [-0.2, 0) is 62.4 Å². The van der Waals surface area contributed by atoms with Crippen molar-refractivity contribution in [2.45, 2.75) is 76.3 Å². The number of amides is 9. The third-order valence-corrected chi connectivity index (χ3v) is 17.2. The largest absolute Gasteiger partial charge is 0.344 e. The monoisotopic (exact) mass is 1390 g/mol. The molecule has 3 aliphatic heterocycles. The number of rotatable bonds is 15. The summed E-state index contributed by atoms with van der Waals surface area (Å²) >= 11 is 0. The number of hydrogen-bond donors (Lipinski definition) is 6. The Labute approximate surface area is 583 Å². The van der Waals surface area contributed by atoms with E-state index < -0.39 is 107 Å². The zero-order valence-electron chi connectivity index (χ0n) is 55.9. The van der Waals surface area contributed by atoms with Crippen LogP contribution in [-0.4, -0.2) is 92.4 Å². The van der Waals surface area contributed by atoms with Gasteiger partial charge in [-0.25, -0.2) is 26.3 Å². The van der Waals surface area contributed by atoms with Crippen molar-refractivity contribution in [1.29, 1.82) is 0 Å². The molecule has 6 N–H and O–H groups in total. The van der Waals surface area contributed by atoms with Gasteiger partial charge in [0.1, 0.15) is 71.2 Å².